The molecule has 1 N–H and O–H groups in total. The molecule has 0 saturated carbocycles. The molecule has 0 saturated heterocycles. The van der Waals surface area contributed by atoms with E-state index >= 15 is 0 Å². The van der Waals surface area contributed by atoms with E-state index in [1.54, 1.807) is 38.2 Å². The van der Waals surface area contributed by atoms with E-state index in [9.17, 15) is 13.2 Å². The fraction of sp³-hybridized carbons (Fsp3) is 0.312. The van der Waals surface area contributed by atoms with E-state index in [1.165, 1.54) is 11.6 Å². The molecule has 0 amide bonds. The summed E-state index contributed by atoms with van der Waals surface area (Å²) in [5, 5.41) is 9.06. The molecule has 0 fully saturated rings. The maximum Gasteiger partial charge on any atom is 0.274 e. The van der Waals surface area contributed by atoms with Gasteiger partial charge >= 0.3 is 0 Å². The molecule has 1 aromatic carbocycles. The molecular formula is C16H18N4O4S. The molecule has 2 aromatic heterocycles. The molecular weight excluding hydrogens is 344 g/mol. The molecule has 3 aromatic rings. The van der Waals surface area contributed by atoms with E-state index in [0.29, 0.717) is 5.39 Å². The van der Waals surface area contributed by atoms with Gasteiger partial charge in [0.25, 0.3) is 5.56 Å². The topological polar surface area (TPSA) is 107 Å². The Kier molecular flexibility index (Phi) is 4.44. The quantitative estimate of drug-likeness (QED) is 0.734. The zero-order valence-corrected chi connectivity index (χ0v) is 14.9. The standard InChI is InChI=1S/C16H18N4O4S/c1-10(19-25(22,23)15-11(2)18-24-12(15)3)9-20-16(21)14-7-5-4-6-13(14)8-17-20/h4-8,10,19H,9H2,1-3H3/t10-/m0/s1. The lowest BCUT2D eigenvalue weighted by molar-refractivity contribution is 0.390. The summed E-state index contributed by atoms with van der Waals surface area (Å²) >= 11 is 0. The molecule has 0 spiro atoms. The summed E-state index contributed by atoms with van der Waals surface area (Å²) in [5.74, 6) is 0.221. The first kappa shape index (κ1) is 17.3. The minimum absolute atomic E-state index is 0.0261. The van der Waals surface area contributed by atoms with Crippen LogP contribution in [0.2, 0.25) is 0 Å². The predicted molar refractivity (Wildman–Crippen MR) is 91.8 cm³/mol. The van der Waals surface area contributed by atoms with Gasteiger partial charge in [-0.25, -0.2) is 17.8 Å². The number of aryl methyl sites for hydroxylation is 2. The normalized spacial score (nSPS) is 13.2. The van der Waals surface area contributed by atoms with Crippen molar-refractivity contribution in [2.45, 2.75) is 38.3 Å². The molecule has 25 heavy (non-hydrogen) atoms. The second-order valence-electron chi connectivity index (χ2n) is 5.89. The van der Waals surface area contributed by atoms with Crippen molar-refractivity contribution in [3.8, 4) is 0 Å². The minimum Gasteiger partial charge on any atom is -0.360 e. The van der Waals surface area contributed by atoms with Crippen molar-refractivity contribution < 1.29 is 12.9 Å². The molecule has 8 nitrogen and oxygen atoms in total. The molecule has 2 heterocycles. The lowest BCUT2D eigenvalue weighted by Crippen LogP contribution is -2.39. The van der Waals surface area contributed by atoms with Crippen LogP contribution < -0.4 is 10.3 Å². The van der Waals surface area contributed by atoms with Crippen LogP contribution in [0.25, 0.3) is 10.8 Å². The first-order chi connectivity index (χ1) is 11.8. The number of aromatic nitrogens is 3. The molecule has 132 valence electrons. The smallest absolute Gasteiger partial charge is 0.274 e. The van der Waals surface area contributed by atoms with Crippen LogP contribution in [0.3, 0.4) is 0 Å². The van der Waals surface area contributed by atoms with E-state index in [4.69, 9.17) is 4.52 Å². The summed E-state index contributed by atoms with van der Waals surface area (Å²) in [4.78, 5) is 12.5. The minimum atomic E-state index is -3.80. The zero-order valence-electron chi connectivity index (χ0n) is 14.1. The second-order valence-corrected chi connectivity index (χ2v) is 7.55. The monoisotopic (exact) mass is 362 g/mol. The number of nitrogens with one attached hydrogen (secondary N) is 1. The molecule has 1 atom stereocenters. The highest BCUT2D eigenvalue weighted by Gasteiger charge is 2.26. The van der Waals surface area contributed by atoms with E-state index < -0.39 is 16.1 Å². The summed E-state index contributed by atoms with van der Waals surface area (Å²) in [6, 6.07) is 6.57. The van der Waals surface area contributed by atoms with Crippen molar-refractivity contribution >= 4 is 20.8 Å². The molecule has 0 aliphatic carbocycles. The molecule has 0 aliphatic rings. The Balaban J connectivity index is 1.85. The second kappa shape index (κ2) is 6.41. The van der Waals surface area contributed by atoms with Gasteiger partial charge in [-0.1, -0.05) is 23.4 Å². The Morgan fingerprint density at radius 2 is 2.00 bits per heavy atom. The number of hydrogen-bond donors (Lipinski definition) is 1. The van der Waals surface area contributed by atoms with Crippen LogP contribution in [0.1, 0.15) is 18.4 Å². The van der Waals surface area contributed by atoms with Crippen molar-refractivity contribution in [1.29, 1.82) is 0 Å². The average molecular weight is 362 g/mol. The largest absolute Gasteiger partial charge is 0.360 e. The summed E-state index contributed by atoms with van der Waals surface area (Å²) in [7, 11) is -3.80. The van der Waals surface area contributed by atoms with Crippen LogP contribution in [0, 0.1) is 13.8 Å². The Hall–Kier alpha value is -2.52. The molecule has 9 heteroatoms. The molecule has 0 aliphatic heterocycles. The zero-order chi connectivity index (χ0) is 18.2. The van der Waals surface area contributed by atoms with Crippen molar-refractivity contribution in [1.82, 2.24) is 19.7 Å². The van der Waals surface area contributed by atoms with Gasteiger partial charge in [-0.2, -0.15) is 5.10 Å². The maximum absolute atomic E-state index is 12.5. The van der Waals surface area contributed by atoms with Gasteiger partial charge in [0.15, 0.2) is 5.76 Å². The van der Waals surface area contributed by atoms with Crippen molar-refractivity contribution in [2.75, 3.05) is 0 Å². The fourth-order valence-electron chi connectivity index (χ4n) is 2.74. The number of nitrogens with zero attached hydrogens (tertiary/aromatic N) is 3. The van der Waals surface area contributed by atoms with E-state index in [1.807, 2.05) is 6.07 Å². The maximum atomic E-state index is 12.5. The van der Waals surface area contributed by atoms with Gasteiger partial charge in [0.1, 0.15) is 10.6 Å². The number of hydrogen-bond acceptors (Lipinski definition) is 6. The Bertz CT molecular complexity index is 1070. The van der Waals surface area contributed by atoms with Crippen LogP contribution in [-0.4, -0.2) is 29.4 Å². The molecule has 0 unspecified atom stereocenters. The Morgan fingerprint density at radius 3 is 2.68 bits per heavy atom. The lowest BCUT2D eigenvalue weighted by atomic mass is 10.2. The average Bonchev–Trinajstić information content (AvgIpc) is 2.89. The van der Waals surface area contributed by atoms with Crippen LogP contribution in [0.15, 0.2) is 44.7 Å². The van der Waals surface area contributed by atoms with Crippen LogP contribution in [0.4, 0.5) is 0 Å². The summed E-state index contributed by atoms with van der Waals surface area (Å²) in [5.41, 5.74) is 0.0275. The van der Waals surface area contributed by atoms with Crippen LogP contribution in [0.5, 0.6) is 0 Å². The van der Waals surface area contributed by atoms with Gasteiger partial charge in [-0.05, 0) is 26.8 Å². The van der Waals surface area contributed by atoms with Gasteiger partial charge < -0.3 is 4.52 Å². The SMILES string of the molecule is Cc1noc(C)c1S(=O)(=O)N[C@@H](C)Cn1ncc2ccccc2c1=O. The molecule has 0 bridgehead atoms. The fourth-order valence-corrected chi connectivity index (χ4v) is 4.30. The van der Waals surface area contributed by atoms with Gasteiger partial charge in [0.05, 0.1) is 18.1 Å². The van der Waals surface area contributed by atoms with Crippen molar-refractivity contribution in [3.63, 3.8) is 0 Å². The molecule has 3 rings (SSSR count). The van der Waals surface area contributed by atoms with E-state index in [0.717, 1.165) is 5.39 Å². The third-order valence-electron chi connectivity index (χ3n) is 3.80. The predicted octanol–water partition coefficient (Wildman–Crippen LogP) is 1.37. The van der Waals surface area contributed by atoms with E-state index in [2.05, 4.69) is 15.0 Å². The summed E-state index contributed by atoms with van der Waals surface area (Å²) in [6.07, 6.45) is 1.59. The van der Waals surface area contributed by atoms with E-state index in [-0.39, 0.29) is 28.5 Å². The van der Waals surface area contributed by atoms with Crippen LogP contribution in [-0.2, 0) is 16.6 Å². The number of sulfonamides is 1. The number of rotatable bonds is 5. The van der Waals surface area contributed by atoms with Crippen molar-refractivity contribution in [2.24, 2.45) is 0 Å². The van der Waals surface area contributed by atoms with Gasteiger partial charge in [-0.3, -0.25) is 4.79 Å². The number of benzene rings is 1. The summed E-state index contributed by atoms with van der Waals surface area (Å²) in [6.45, 7) is 4.87. The third kappa shape index (κ3) is 3.33. The van der Waals surface area contributed by atoms with Gasteiger partial charge in [-0.15, -0.1) is 0 Å². The first-order valence-electron chi connectivity index (χ1n) is 7.69. The van der Waals surface area contributed by atoms with Gasteiger partial charge in [0, 0.05) is 11.4 Å². The Morgan fingerprint density at radius 1 is 1.28 bits per heavy atom. The Labute approximate surface area is 144 Å². The van der Waals surface area contributed by atoms with Gasteiger partial charge in [0.2, 0.25) is 10.0 Å². The highest BCUT2D eigenvalue weighted by molar-refractivity contribution is 7.89. The van der Waals surface area contributed by atoms with Crippen molar-refractivity contribution in [3.05, 3.63) is 52.3 Å². The lowest BCUT2D eigenvalue weighted by Gasteiger charge is -2.15. The highest BCUT2D eigenvalue weighted by Crippen LogP contribution is 2.19. The van der Waals surface area contributed by atoms with Crippen LogP contribution >= 0.6 is 0 Å². The number of fused-ring (bicyclic) bond motifs is 1. The first-order valence-corrected chi connectivity index (χ1v) is 9.18. The third-order valence-corrected chi connectivity index (χ3v) is 5.63. The molecule has 0 radical (unpaired) electrons. The summed E-state index contributed by atoms with van der Waals surface area (Å²) < 4.78 is 33.7. The highest BCUT2D eigenvalue weighted by atomic mass is 32.2.